The summed E-state index contributed by atoms with van der Waals surface area (Å²) >= 11 is 4.37. The first-order valence-corrected chi connectivity index (χ1v) is 9.29. The minimum atomic E-state index is -0.405. The number of halogens is 2. The largest absolute Gasteiger partial charge is 0.483 e. The average Bonchev–Trinajstić information content (AvgIpc) is 2.93. The monoisotopic (exact) mass is 449 g/mol. The fourth-order valence-corrected chi connectivity index (χ4v) is 3.29. The molecule has 0 unspecified atom stereocenters. The highest BCUT2D eigenvalue weighted by Gasteiger charge is 2.22. The lowest BCUT2D eigenvalue weighted by atomic mass is 10.2. The second-order valence-corrected chi connectivity index (χ2v) is 7.39. The molecule has 2 amide bonds. The molecular formula is C18H13BrFN3O3S. The van der Waals surface area contributed by atoms with Crippen LogP contribution in [0.25, 0.3) is 6.08 Å². The molecule has 3 N–H and O–H groups in total. The summed E-state index contributed by atoms with van der Waals surface area (Å²) in [6, 6.07) is 10.6. The lowest BCUT2D eigenvalue weighted by Crippen LogP contribution is -2.20. The van der Waals surface area contributed by atoms with Crippen LogP contribution in [0.15, 0.2) is 51.8 Å². The van der Waals surface area contributed by atoms with Gasteiger partial charge in [-0.3, -0.25) is 15.0 Å². The molecule has 6 nitrogen and oxygen atoms in total. The summed E-state index contributed by atoms with van der Waals surface area (Å²) in [5, 5.41) is 12.6. The van der Waals surface area contributed by atoms with Gasteiger partial charge in [-0.05, 0) is 60.3 Å². The average molecular weight is 450 g/mol. The van der Waals surface area contributed by atoms with E-state index in [2.05, 4.69) is 26.6 Å². The summed E-state index contributed by atoms with van der Waals surface area (Å²) in [7, 11) is 0. The molecule has 27 heavy (non-hydrogen) atoms. The Kier molecular flexibility index (Phi) is 5.92. The van der Waals surface area contributed by atoms with Gasteiger partial charge in [0.1, 0.15) is 11.6 Å². The number of benzene rings is 2. The third kappa shape index (κ3) is 5.18. The van der Waals surface area contributed by atoms with E-state index < -0.39 is 11.7 Å². The molecular weight excluding hydrogens is 437 g/mol. The van der Waals surface area contributed by atoms with Crippen LogP contribution >= 0.6 is 27.7 Å². The molecule has 0 spiro atoms. The van der Waals surface area contributed by atoms with E-state index in [-0.39, 0.29) is 17.7 Å². The highest BCUT2D eigenvalue weighted by Crippen LogP contribution is 2.30. The van der Waals surface area contributed by atoms with E-state index >= 15 is 0 Å². The maximum absolute atomic E-state index is 12.9. The minimum Gasteiger partial charge on any atom is -0.483 e. The molecule has 138 valence electrons. The van der Waals surface area contributed by atoms with Gasteiger partial charge >= 0.3 is 0 Å². The molecule has 3 rings (SSSR count). The van der Waals surface area contributed by atoms with Gasteiger partial charge in [0, 0.05) is 15.7 Å². The van der Waals surface area contributed by atoms with Gasteiger partial charge in [0.05, 0.1) is 4.91 Å². The van der Waals surface area contributed by atoms with Crippen molar-refractivity contribution in [2.75, 3.05) is 11.9 Å². The van der Waals surface area contributed by atoms with E-state index in [1.165, 1.54) is 24.3 Å². The molecule has 1 fully saturated rings. The molecule has 9 heteroatoms. The van der Waals surface area contributed by atoms with Gasteiger partial charge in [0.25, 0.3) is 11.8 Å². The van der Waals surface area contributed by atoms with Crippen molar-refractivity contribution in [2.24, 2.45) is 0 Å². The van der Waals surface area contributed by atoms with Crippen molar-refractivity contribution < 1.29 is 18.7 Å². The number of amidine groups is 1. The van der Waals surface area contributed by atoms with E-state index in [9.17, 15) is 14.0 Å². The van der Waals surface area contributed by atoms with Gasteiger partial charge in [-0.1, -0.05) is 15.9 Å². The van der Waals surface area contributed by atoms with Crippen molar-refractivity contribution in [1.82, 2.24) is 5.32 Å². The lowest BCUT2D eigenvalue weighted by Gasteiger charge is -2.10. The number of nitrogens with one attached hydrogen (secondary N) is 3. The quantitative estimate of drug-likeness (QED) is 0.606. The molecule has 1 heterocycles. The van der Waals surface area contributed by atoms with Gasteiger partial charge in [-0.25, -0.2) is 4.39 Å². The van der Waals surface area contributed by atoms with Crippen LogP contribution in [0, 0.1) is 11.2 Å². The summed E-state index contributed by atoms with van der Waals surface area (Å²) in [5.74, 6) is -0.742. The van der Waals surface area contributed by atoms with Gasteiger partial charge in [0.15, 0.2) is 11.8 Å². The van der Waals surface area contributed by atoms with Crippen molar-refractivity contribution in [1.29, 1.82) is 5.41 Å². The van der Waals surface area contributed by atoms with Crippen LogP contribution in [0.3, 0.4) is 0 Å². The molecule has 0 aromatic heterocycles. The first-order valence-electron chi connectivity index (χ1n) is 7.68. The number of rotatable bonds is 5. The lowest BCUT2D eigenvalue weighted by molar-refractivity contribution is -0.118. The molecule has 0 saturated carbocycles. The summed E-state index contributed by atoms with van der Waals surface area (Å²) in [5.41, 5.74) is 1.05. The number of anilines is 1. The second-order valence-electron chi connectivity index (χ2n) is 5.42. The third-order valence-corrected chi connectivity index (χ3v) is 4.73. The van der Waals surface area contributed by atoms with Crippen LogP contribution in [0.5, 0.6) is 5.75 Å². The highest BCUT2D eigenvalue weighted by atomic mass is 79.9. The number of carbonyl (C=O) groups is 2. The van der Waals surface area contributed by atoms with Crippen LogP contribution < -0.4 is 15.4 Å². The van der Waals surface area contributed by atoms with Crippen molar-refractivity contribution in [2.45, 2.75) is 0 Å². The number of ether oxygens (including phenoxy) is 1. The van der Waals surface area contributed by atoms with E-state index in [1.807, 2.05) is 0 Å². The van der Waals surface area contributed by atoms with E-state index in [0.29, 0.717) is 21.9 Å². The Morgan fingerprint density at radius 3 is 2.70 bits per heavy atom. The second kappa shape index (κ2) is 8.36. The zero-order valence-electron chi connectivity index (χ0n) is 13.7. The van der Waals surface area contributed by atoms with Crippen LogP contribution in [0.2, 0.25) is 0 Å². The van der Waals surface area contributed by atoms with E-state index in [4.69, 9.17) is 10.1 Å². The highest BCUT2D eigenvalue weighted by molar-refractivity contribution is 9.10. The molecule has 0 radical (unpaired) electrons. The molecule has 2 aromatic carbocycles. The summed E-state index contributed by atoms with van der Waals surface area (Å²) in [4.78, 5) is 24.2. The fraction of sp³-hybridized carbons (Fsp3) is 0.0556. The molecule has 2 aromatic rings. The summed E-state index contributed by atoms with van der Waals surface area (Å²) < 4.78 is 19.2. The van der Waals surface area contributed by atoms with Crippen LogP contribution in [-0.4, -0.2) is 23.6 Å². The van der Waals surface area contributed by atoms with Crippen LogP contribution in [-0.2, 0) is 9.59 Å². The van der Waals surface area contributed by atoms with E-state index in [1.54, 1.807) is 24.3 Å². The SMILES string of the molecule is N=C1NC(=O)/C(=C/c2cc(Br)ccc2OCC(=O)Nc2ccc(F)cc2)S1. The number of hydrogen-bond acceptors (Lipinski definition) is 5. The number of hydrogen-bond donors (Lipinski definition) is 3. The zero-order valence-corrected chi connectivity index (χ0v) is 16.1. The smallest absolute Gasteiger partial charge is 0.264 e. The standard InChI is InChI=1S/C18H13BrFN3O3S/c19-11-1-6-14(10(7-11)8-15-17(25)23-18(21)27-15)26-9-16(24)22-13-4-2-12(20)3-5-13/h1-8H,9H2,(H,22,24)(H2,21,23,25)/b15-8-. The van der Waals surface area contributed by atoms with Gasteiger partial charge < -0.3 is 15.4 Å². The van der Waals surface area contributed by atoms with Crippen molar-refractivity contribution in [3.8, 4) is 5.75 Å². The van der Waals surface area contributed by atoms with Crippen molar-refractivity contribution >= 4 is 56.4 Å². The Labute approximate surface area is 166 Å². The van der Waals surface area contributed by atoms with Crippen molar-refractivity contribution in [3.05, 3.63) is 63.2 Å². The number of thioether (sulfide) groups is 1. The third-order valence-electron chi connectivity index (χ3n) is 3.41. The summed E-state index contributed by atoms with van der Waals surface area (Å²) in [6.07, 6.45) is 1.60. The molecule has 1 aliphatic rings. The maximum Gasteiger partial charge on any atom is 0.264 e. The zero-order chi connectivity index (χ0) is 19.4. The molecule has 1 aliphatic heterocycles. The number of amides is 2. The fourth-order valence-electron chi connectivity index (χ4n) is 2.22. The van der Waals surface area contributed by atoms with Crippen molar-refractivity contribution in [3.63, 3.8) is 0 Å². The molecule has 0 atom stereocenters. The molecule has 1 saturated heterocycles. The molecule has 0 aliphatic carbocycles. The topological polar surface area (TPSA) is 91.3 Å². The Morgan fingerprint density at radius 2 is 2.04 bits per heavy atom. The van der Waals surface area contributed by atoms with Crippen LogP contribution in [0.4, 0.5) is 10.1 Å². The van der Waals surface area contributed by atoms with Gasteiger partial charge in [-0.2, -0.15) is 0 Å². The van der Waals surface area contributed by atoms with Crippen LogP contribution in [0.1, 0.15) is 5.56 Å². The predicted molar refractivity (Wildman–Crippen MR) is 106 cm³/mol. The first kappa shape index (κ1) is 19.1. The van der Waals surface area contributed by atoms with E-state index in [0.717, 1.165) is 16.2 Å². The normalized spacial score (nSPS) is 15.0. The predicted octanol–water partition coefficient (Wildman–Crippen LogP) is 3.74. The minimum absolute atomic E-state index is 0.0578. The maximum atomic E-state index is 12.9. The Morgan fingerprint density at radius 1 is 1.30 bits per heavy atom. The Balaban J connectivity index is 1.70. The summed E-state index contributed by atoms with van der Waals surface area (Å²) in [6.45, 7) is -0.260. The van der Waals surface area contributed by atoms with Gasteiger partial charge in [0.2, 0.25) is 0 Å². The van der Waals surface area contributed by atoms with Gasteiger partial charge in [-0.15, -0.1) is 0 Å². The number of carbonyl (C=O) groups excluding carboxylic acids is 2. The molecule has 0 bridgehead atoms. The Bertz CT molecular complexity index is 947. The Hall–Kier alpha value is -2.65. The first-order chi connectivity index (χ1) is 12.9.